The Morgan fingerprint density at radius 2 is 1.78 bits per heavy atom. The minimum atomic E-state index is 0.342. The van der Waals surface area contributed by atoms with E-state index >= 15 is 0 Å². The molecular formula is C15H17ClN2. The zero-order valence-electron chi connectivity index (χ0n) is 11.2. The van der Waals surface area contributed by atoms with Crippen molar-refractivity contribution >= 4 is 11.6 Å². The van der Waals surface area contributed by atoms with Crippen LogP contribution in [0, 0.1) is 13.8 Å². The Bertz CT molecular complexity index is 577. The lowest BCUT2D eigenvalue weighted by atomic mass is 10.0. The summed E-state index contributed by atoms with van der Waals surface area (Å²) in [5.41, 5.74) is 4.40. The summed E-state index contributed by atoms with van der Waals surface area (Å²) in [6.45, 7) is 8.34. The summed E-state index contributed by atoms with van der Waals surface area (Å²) in [7, 11) is 0. The SMILES string of the molecule is Cc1ccc(C)c(-c2nc(Cl)cc(C(C)C)n2)c1. The van der Waals surface area contributed by atoms with E-state index in [1.807, 2.05) is 6.07 Å². The van der Waals surface area contributed by atoms with Crippen molar-refractivity contribution in [3.63, 3.8) is 0 Å². The van der Waals surface area contributed by atoms with Gasteiger partial charge in [-0.15, -0.1) is 0 Å². The van der Waals surface area contributed by atoms with E-state index in [2.05, 4.69) is 55.9 Å². The molecule has 0 N–H and O–H groups in total. The van der Waals surface area contributed by atoms with Crippen LogP contribution in [0.3, 0.4) is 0 Å². The molecule has 2 rings (SSSR count). The summed E-state index contributed by atoms with van der Waals surface area (Å²) in [5.74, 6) is 1.06. The first kappa shape index (κ1) is 13.0. The van der Waals surface area contributed by atoms with Crippen LogP contribution in [-0.2, 0) is 0 Å². The summed E-state index contributed by atoms with van der Waals surface area (Å²) < 4.78 is 0. The Morgan fingerprint density at radius 3 is 2.44 bits per heavy atom. The zero-order valence-corrected chi connectivity index (χ0v) is 11.9. The van der Waals surface area contributed by atoms with E-state index < -0.39 is 0 Å². The number of halogens is 1. The molecule has 1 aromatic heterocycles. The number of hydrogen-bond acceptors (Lipinski definition) is 2. The van der Waals surface area contributed by atoms with Crippen LogP contribution in [0.4, 0.5) is 0 Å². The van der Waals surface area contributed by atoms with E-state index in [9.17, 15) is 0 Å². The van der Waals surface area contributed by atoms with E-state index in [0.717, 1.165) is 16.8 Å². The number of hydrogen-bond donors (Lipinski definition) is 0. The molecule has 0 aliphatic rings. The summed E-state index contributed by atoms with van der Waals surface area (Å²) in [6, 6.07) is 8.11. The first-order valence-electron chi connectivity index (χ1n) is 6.09. The van der Waals surface area contributed by atoms with Gasteiger partial charge in [0.2, 0.25) is 0 Å². The number of aromatic nitrogens is 2. The van der Waals surface area contributed by atoms with Crippen LogP contribution in [-0.4, -0.2) is 9.97 Å². The molecule has 1 heterocycles. The van der Waals surface area contributed by atoms with Crippen molar-refractivity contribution in [3.8, 4) is 11.4 Å². The van der Waals surface area contributed by atoms with Crippen LogP contribution in [0.25, 0.3) is 11.4 Å². The van der Waals surface area contributed by atoms with E-state index in [1.165, 1.54) is 5.56 Å². The Labute approximate surface area is 113 Å². The standard InChI is InChI=1S/C15H17ClN2/c1-9(2)13-8-14(16)18-15(17-13)12-7-10(3)5-6-11(12)4/h5-9H,1-4H3. The first-order chi connectivity index (χ1) is 8.47. The molecule has 0 spiro atoms. The van der Waals surface area contributed by atoms with Crippen LogP contribution < -0.4 is 0 Å². The fourth-order valence-corrected chi connectivity index (χ4v) is 2.02. The summed E-state index contributed by atoms with van der Waals surface area (Å²) in [5, 5.41) is 0.504. The highest BCUT2D eigenvalue weighted by molar-refractivity contribution is 6.29. The molecule has 2 nitrogen and oxygen atoms in total. The number of rotatable bonds is 2. The first-order valence-corrected chi connectivity index (χ1v) is 6.47. The highest BCUT2D eigenvalue weighted by atomic mass is 35.5. The van der Waals surface area contributed by atoms with Crippen molar-refractivity contribution < 1.29 is 0 Å². The molecule has 94 valence electrons. The molecule has 0 aliphatic carbocycles. The lowest BCUT2D eigenvalue weighted by Crippen LogP contribution is -1.99. The van der Waals surface area contributed by atoms with E-state index in [0.29, 0.717) is 16.9 Å². The molecule has 0 atom stereocenters. The molecule has 0 saturated heterocycles. The van der Waals surface area contributed by atoms with Crippen molar-refractivity contribution in [2.24, 2.45) is 0 Å². The van der Waals surface area contributed by atoms with Gasteiger partial charge in [0, 0.05) is 11.3 Å². The molecule has 0 unspecified atom stereocenters. The van der Waals surface area contributed by atoms with Gasteiger partial charge >= 0.3 is 0 Å². The van der Waals surface area contributed by atoms with Crippen molar-refractivity contribution in [3.05, 3.63) is 46.2 Å². The third-order valence-electron chi connectivity index (χ3n) is 2.94. The van der Waals surface area contributed by atoms with Crippen LogP contribution in [0.2, 0.25) is 5.15 Å². The predicted octanol–water partition coefficient (Wildman–Crippen LogP) is 4.54. The normalized spacial score (nSPS) is 11.0. The van der Waals surface area contributed by atoms with Gasteiger partial charge in [-0.1, -0.05) is 43.1 Å². The maximum absolute atomic E-state index is 6.08. The molecule has 0 radical (unpaired) electrons. The quantitative estimate of drug-likeness (QED) is 0.741. The highest BCUT2D eigenvalue weighted by Crippen LogP contribution is 2.25. The Kier molecular flexibility index (Phi) is 3.67. The Morgan fingerprint density at radius 1 is 1.06 bits per heavy atom. The molecule has 0 saturated carbocycles. The smallest absolute Gasteiger partial charge is 0.161 e. The van der Waals surface area contributed by atoms with Gasteiger partial charge in [0.1, 0.15) is 5.15 Å². The van der Waals surface area contributed by atoms with Gasteiger partial charge < -0.3 is 0 Å². The third kappa shape index (κ3) is 2.70. The van der Waals surface area contributed by atoms with Gasteiger partial charge in [0.25, 0.3) is 0 Å². The average molecular weight is 261 g/mol. The Hall–Kier alpha value is -1.41. The lowest BCUT2D eigenvalue weighted by molar-refractivity contribution is 0.816. The zero-order chi connectivity index (χ0) is 13.3. The number of benzene rings is 1. The topological polar surface area (TPSA) is 25.8 Å². The second-order valence-corrected chi connectivity index (χ2v) is 5.30. The van der Waals surface area contributed by atoms with Crippen molar-refractivity contribution in [2.45, 2.75) is 33.6 Å². The second kappa shape index (κ2) is 5.07. The van der Waals surface area contributed by atoms with Crippen molar-refractivity contribution in [2.75, 3.05) is 0 Å². The number of nitrogens with zero attached hydrogens (tertiary/aromatic N) is 2. The highest BCUT2D eigenvalue weighted by Gasteiger charge is 2.10. The third-order valence-corrected chi connectivity index (χ3v) is 3.13. The van der Waals surface area contributed by atoms with Gasteiger partial charge in [0.05, 0.1) is 0 Å². The minimum absolute atomic E-state index is 0.342. The summed E-state index contributed by atoms with van der Waals surface area (Å²) >= 11 is 6.08. The largest absolute Gasteiger partial charge is 0.233 e. The molecule has 0 amide bonds. The lowest BCUT2D eigenvalue weighted by Gasteiger charge is -2.10. The maximum atomic E-state index is 6.08. The van der Waals surface area contributed by atoms with Gasteiger partial charge in [-0.2, -0.15) is 0 Å². The van der Waals surface area contributed by atoms with Gasteiger partial charge in [-0.3, -0.25) is 0 Å². The molecular weight excluding hydrogens is 244 g/mol. The molecule has 0 aliphatic heterocycles. The van der Waals surface area contributed by atoms with E-state index in [4.69, 9.17) is 11.6 Å². The van der Waals surface area contributed by atoms with Crippen molar-refractivity contribution in [1.82, 2.24) is 9.97 Å². The molecule has 1 aromatic carbocycles. The van der Waals surface area contributed by atoms with Gasteiger partial charge in [-0.25, -0.2) is 9.97 Å². The summed E-state index contributed by atoms with van der Waals surface area (Å²) in [4.78, 5) is 8.95. The van der Waals surface area contributed by atoms with Crippen molar-refractivity contribution in [1.29, 1.82) is 0 Å². The second-order valence-electron chi connectivity index (χ2n) is 4.91. The van der Waals surface area contributed by atoms with Crippen LogP contribution in [0.15, 0.2) is 24.3 Å². The molecule has 3 heteroatoms. The minimum Gasteiger partial charge on any atom is -0.233 e. The monoisotopic (exact) mass is 260 g/mol. The molecule has 0 fully saturated rings. The van der Waals surface area contributed by atoms with Gasteiger partial charge in [0.15, 0.2) is 5.82 Å². The average Bonchev–Trinajstić information content (AvgIpc) is 2.31. The van der Waals surface area contributed by atoms with Crippen LogP contribution >= 0.6 is 11.6 Å². The fourth-order valence-electron chi connectivity index (χ4n) is 1.83. The fraction of sp³-hybridized carbons (Fsp3) is 0.333. The van der Waals surface area contributed by atoms with E-state index in [1.54, 1.807) is 0 Å². The van der Waals surface area contributed by atoms with Crippen LogP contribution in [0.1, 0.15) is 36.6 Å². The molecule has 18 heavy (non-hydrogen) atoms. The Balaban J connectivity index is 2.60. The number of aryl methyl sites for hydroxylation is 2. The predicted molar refractivity (Wildman–Crippen MR) is 76.0 cm³/mol. The van der Waals surface area contributed by atoms with Gasteiger partial charge in [-0.05, 0) is 37.5 Å². The molecule has 2 aromatic rings. The molecule has 0 bridgehead atoms. The van der Waals surface area contributed by atoms with Crippen LogP contribution in [0.5, 0.6) is 0 Å². The maximum Gasteiger partial charge on any atom is 0.161 e. The van der Waals surface area contributed by atoms with E-state index in [-0.39, 0.29) is 0 Å². The summed E-state index contributed by atoms with van der Waals surface area (Å²) in [6.07, 6.45) is 0.